The number of carboxylic acids is 1. The van der Waals surface area contributed by atoms with Crippen molar-refractivity contribution in [3.63, 3.8) is 0 Å². The molecule has 124 valence electrons. The van der Waals surface area contributed by atoms with E-state index < -0.39 is 11.5 Å². The summed E-state index contributed by atoms with van der Waals surface area (Å²) in [5.74, 6) is 0.198. The Morgan fingerprint density at radius 3 is 2.43 bits per heavy atom. The van der Waals surface area contributed by atoms with Gasteiger partial charge < -0.3 is 10.0 Å². The summed E-state index contributed by atoms with van der Waals surface area (Å²) in [6, 6.07) is 0.194. The fourth-order valence-electron chi connectivity index (χ4n) is 3.10. The number of aliphatic carboxylic acids is 1. The van der Waals surface area contributed by atoms with E-state index in [0.717, 1.165) is 25.4 Å². The zero-order valence-electron chi connectivity index (χ0n) is 14.3. The molecule has 0 aromatic carbocycles. The SMILES string of the molecule is CCCN(CCCC(CC)(NC(C)C)C(=O)O)CC1CC1. The molecular weight excluding hydrogens is 264 g/mol. The minimum Gasteiger partial charge on any atom is -0.480 e. The molecule has 0 aromatic heterocycles. The summed E-state index contributed by atoms with van der Waals surface area (Å²) in [5, 5.41) is 12.9. The van der Waals surface area contributed by atoms with Gasteiger partial charge in [0.2, 0.25) is 0 Å². The molecule has 4 heteroatoms. The topological polar surface area (TPSA) is 52.6 Å². The van der Waals surface area contributed by atoms with Crippen molar-refractivity contribution in [2.24, 2.45) is 5.92 Å². The maximum atomic E-state index is 11.7. The molecule has 1 atom stereocenters. The summed E-state index contributed by atoms with van der Waals surface area (Å²) in [5.41, 5.74) is -0.758. The van der Waals surface area contributed by atoms with Crippen LogP contribution in [0.3, 0.4) is 0 Å². The van der Waals surface area contributed by atoms with E-state index in [1.165, 1.54) is 25.8 Å². The molecule has 1 aliphatic rings. The minimum atomic E-state index is -0.758. The van der Waals surface area contributed by atoms with E-state index in [9.17, 15) is 9.90 Å². The van der Waals surface area contributed by atoms with Gasteiger partial charge in [0.15, 0.2) is 0 Å². The second-order valence-electron chi connectivity index (χ2n) is 6.89. The molecule has 1 fully saturated rings. The van der Waals surface area contributed by atoms with Gasteiger partial charge >= 0.3 is 5.97 Å². The number of carbonyl (C=O) groups is 1. The van der Waals surface area contributed by atoms with E-state index in [0.29, 0.717) is 12.8 Å². The molecule has 0 aromatic rings. The molecule has 0 aliphatic heterocycles. The highest BCUT2D eigenvalue weighted by Gasteiger charge is 2.36. The van der Waals surface area contributed by atoms with Crippen molar-refractivity contribution in [2.45, 2.75) is 77.8 Å². The van der Waals surface area contributed by atoms with Crippen molar-refractivity contribution in [3.05, 3.63) is 0 Å². The Bertz CT molecular complexity index is 316. The van der Waals surface area contributed by atoms with Gasteiger partial charge in [0.05, 0.1) is 0 Å². The monoisotopic (exact) mass is 298 g/mol. The average molecular weight is 298 g/mol. The Morgan fingerprint density at radius 2 is 2.00 bits per heavy atom. The number of hydrogen-bond acceptors (Lipinski definition) is 3. The molecule has 0 spiro atoms. The van der Waals surface area contributed by atoms with Crippen LogP contribution in [0.1, 0.15) is 66.2 Å². The normalized spacial score (nSPS) is 18.2. The highest BCUT2D eigenvalue weighted by molar-refractivity contribution is 5.78. The van der Waals surface area contributed by atoms with Crippen molar-refractivity contribution < 1.29 is 9.90 Å². The first-order chi connectivity index (χ1) is 9.93. The highest BCUT2D eigenvalue weighted by atomic mass is 16.4. The predicted molar refractivity (Wildman–Crippen MR) is 87.6 cm³/mol. The lowest BCUT2D eigenvalue weighted by molar-refractivity contribution is -0.145. The molecule has 0 heterocycles. The molecule has 1 unspecified atom stereocenters. The molecule has 4 nitrogen and oxygen atoms in total. The fraction of sp³-hybridized carbons (Fsp3) is 0.941. The van der Waals surface area contributed by atoms with Crippen LogP contribution in [0.2, 0.25) is 0 Å². The molecule has 2 N–H and O–H groups in total. The van der Waals surface area contributed by atoms with Crippen LogP contribution in [-0.2, 0) is 4.79 Å². The number of rotatable bonds is 12. The first kappa shape index (κ1) is 18.4. The smallest absolute Gasteiger partial charge is 0.323 e. The van der Waals surface area contributed by atoms with Gasteiger partial charge in [0.1, 0.15) is 5.54 Å². The average Bonchev–Trinajstić information content (AvgIpc) is 3.20. The predicted octanol–water partition coefficient (Wildman–Crippen LogP) is 3.12. The second-order valence-corrected chi connectivity index (χ2v) is 6.89. The Kier molecular flexibility index (Phi) is 7.67. The van der Waals surface area contributed by atoms with E-state index in [-0.39, 0.29) is 6.04 Å². The van der Waals surface area contributed by atoms with Crippen LogP contribution < -0.4 is 5.32 Å². The van der Waals surface area contributed by atoms with E-state index in [2.05, 4.69) is 17.1 Å². The first-order valence-electron chi connectivity index (χ1n) is 8.67. The van der Waals surface area contributed by atoms with Crippen LogP contribution in [-0.4, -0.2) is 47.2 Å². The van der Waals surface area contributed by atoms with Crippen LogP contribution in [0, 0.1) is 5.92 Å². The van der Waals surface area contributed by atoms with E-state index in [1.807, 2.05) is 20.8 Å². The van der Waals surface area contributed by atoms with Gasteiger partial charge in [-0.15, -0.1) is 0 Å². The van der Waals surface area contributed by atoms with Gasteiger partial charge in [0.25, 0.3) is 0 Å². The van der Waals surface area contributed by atoms with E-state index in [1.54, 1.807) is 0 Å². The van der Waals surface area contributed by atoms with Gasteiger partial charge in [-0.3, -0.25) is 10.1 Å². The van der Waals surface area contributed by atoms with Crippen LogP contribution in [0.25, 0.3) is 0 Å². The molecule has 0 saturated heterocycles. The molecule has 1 aliphatic carbocycles. The van der Waals surface area contributed by atoms with E-state index in [4.69, 9.17) is 0 Å². The summed E-state index contributed by atoms with van der Waals surface area (Å²) in [7, 11) is 0. The fourth-order valence-corrected chi connectivity index (χ4v) is 3.10. The van der Waals surface area contributed by atoms with Crippen molar-refractivity contribution >= 4 is 5.97 Å². The number of nitrogens with one attached hydrogen (secondary N) is 1. The third kappa shape index (κ3) is 6.35. The quantitative estimate of drug-likeness (QED) is 0.581. The molecule has 1 rings (SSSR count). The van der Waals surface area contributed by atoms with E-state index >= 15 is 0 Å². The molecule has 21 heavy (non-hydrogen) atoms. The minimum absolute atomic E-state index is 0.194. The Hall–Kier alpha value is -0.610. The summed E-state index contributed by atoms with van der Waals surface area (Å²) >= 11 is 0. The van der Waals surface area contributed by atoms with Gasteiger partial charge in [-0.1, -0.05) is 13.8 Å². The van der Waals surface area contributed by atoms with Crippen LogP contribution >= 0.6 is 0 Å². The third-order valence-electron chi connectivity index (χ3n) is 4.41. The summed E-state index contributed by atoms with van der Waals surface area (Å²) in [4.78, 5) is 14.2. The zero-order chi connectivity index (χ0) is 15.9. The molecule has 0 amide bonds. The molecular formula is C17H34N2O2. The highest BCUT2D eigenvalue weighted by Crippen LogP contribution is 2.30. The summed E-state index contributed by atoms with van der Waals surface area (Å²) < 4.78 is 0. The van der Waals surface area contributed by atoms with Crippen molar-refractivity contribution in [2.75, 3.05) is 19.6 Å². The number of carboxylic acid groups (broad SMARTS) is 1. The van der Waals surface area contributed by atoms with Gasteiger partial charge in [-0.2, -0.15) is 0 Å². The van der Waals surface area contributed by atoms with Crippen LogP contribution in [0.5, 0.6) is 0 Å². The summed E-state index contributed by atoms with van der Waals surface area (Å²) in [6.07, 6.45) is 6.23. The maximum absolute atomic E-state index is 11.7. The Balaban J connectivity index is 2.48. The Labute approximate surface area is 130 Å². The summed E-state index contributed by atoms with van der Waals surface area (Å²) in [6.45, 7) is 11.6. The first-order valence-corrected chi connectivity index (χ1v) is 8.67. The lowest BCUT2D eigenvalue weighted by atomic mass is 9.89. The lowest BCUT2D eigenvalue weighted by Gasteiger charge is -2.32. The third-order valence-corrected chi connectivity index (χ3v) is 4.41. The van der Waals surface area contributed by atoms with Gasteiger partial charge in [0, 0.05) is 12.6 Å². The van der Waals surface area contributed by atoms with Crippen LogP contribution in [0.4, 0.5) is 0 Å². The van der Waals surface area contributed by atoms with Crippen molar-refractivity contribution in [3.8, 4) is 0 Å². The maximum Gasteiger partial charge on any atom is 0.323 e. The molecule has 0 radical (unpaired) electrons. The van der Waals surface area contributed by atoms with Crippen molar-refractivity contribution in [1.82, 2.24) is 10.2 Å². The molecule has 1 saturated carbocycles. The van der Waals surface area contributed by atoms with Gasteiger partial charge in [-0.05, 0) is 71.4 Å². The number of hydrogen-bond donors (Lipinski definition) is 2. The lowest BCUT2D eigenvalue weighted by Crippen LogP contribution is -2.54. The standard InChI is InChI=1S/C17H34N2O2/c1-5-11-19(13-15-8-9-15)12-7-10-17(6-2,16(20)21)18-14(3)4/h14-15,18H,5-13H2,1-4H3,(H,20,21). The van der Waals surface area contributed by atoms with Crippen molar-refractivity contribution in [1.29, 1.82) is 0 Å². The second kappa shape index (κ2) is 8.74. The van der Waals surface area contributed by atoms with Gasteiger partial charge in [-0.25, -0.2) is 0 Å². The Morgan fingerprint density at radius 1 is 1.33 bits per heavy atom. The number of nitrogens with zero attached hydrogens (tertiary/aromatic N) is 1. The van der Waals surface area contributed by atoms with Crippen LogP contribution in [0.15, 0.2) is 0 Å². The largest absolute Gasteiger partial charge is 0.480 e. The zero-order valence-corrected chi connectivity index (χ0v) is 14.3. The molecule has 0 bridgehead atoms.